The summed E-state index contributed by atoms with van der Waals surface area (Å²) in [4.78, 5) is 24.8. The summed E-state index contributed by atoms with van der Waals surface area (Å²) in [6.07, 6.45) is 0.282. The summed E-state index contributed by atoms with van der Waals surface area (Å²) in [5.74, 6) is 1.00. The minimum absolute atomic E-state index is 0.0332. The molecule has 0 saturated carbocycles. The average Bonchev–Trinajstić information content (AvgIpc) is 3.15. The van der Waals surface area contributed by atoms with Crippen LogP contribution in [0.15, 0.2) is 75.1 Å². The predicted molar refractivity (Wildman–Crippen MR) is 118 cm³/mol. The second-order valence-electron chi connectivity index (χ2n) is 5.96. The largest absolute Gasteiger partial charge is 0.294 e. The molecular weight excluding hydrogens is 410 g/mol. The molecule has 0 aliphatic carbocycles. The molecule has 0 aliphatic heterocycles. The molecule has 0 saturated heterocycles. The Labute approximate surface area is 176 Å². The van der Waals surface area contributed by atoms with Gasteiger partial charge in [-0.1, -0.05) is 49.4 Å². The van der Waals surface area contributed by atoms with Crippen LogP contribution < -0.4 is 0 Å². The van der Waals surface area contributed by atoms with Gasteiger partial charge in [-0.15, -0.1) is 34.9 Å². The number of nitro groups is 1. The third-order valence-corrected chi connectivity index (χ3v) is 7.70. The summed E-state index contributed by atoms with van der Waals surface area (Å²) in [6, 6.07) is 17.9. The maximum absolute atomic E-state index is 12.8. The molecule has 0 fully saturated rings. The quantitative estimate of drug-likeness (QED) is 0.161. The van der Waals surface area contributed by atoms with Crippen LogP contribution in [0.4, 0.5) is 5.69 Å². The molecule has 2 aromatic carbocycles. The fourth-order valence-corrected chi connectivity index (χ4v) is 6.27. The summed E-state index contributed by atoms with van der Waals surface area (Å²) < 4.78 is 1.14. The maximum atomic E-state index is 12.8. The van der Waals surface area contributed by atoms with Gasteiger partial charge in [-0.05, 0) is 22.8 Å². The van der Waals surface area contributed by atoms with E-state index in [0.717, 1.165) is 15.5 Å². The van der Waals surface area contributed by atoms with Gasteiger partial charge in [0.2, 0.25) is 0 Å². The van der Waals surface area contributed by atoms with Crippen molar-refractivity contribution in [1.82, 2.24) is 0 Å². The Hall–Kier alpha value is -2.09. The highest BCUT2D eigenvalue weighted by atomic mass is 32.2. The van der Waals surface area contributed by atoms with Crippen molar-refractivity contribution in [3.63, 3.8) is 0 Å². The first-order valence-corrected chi connectivity index (χ1v) is 11.5. The van der Waals surface area contributed by atoms with Gasteiger partial charge in [-0.25, -0.2) is 0 Å². The van der Waals surface area contributed by atoms with Crippen molar-refractivity contribution in [3.8, 4) is 0 Å². The number of Topliss-reactive ketones (excluding diaryl/α,β-unsaturated/α-hetero) is 1. The standard InChI is InChI=1S/C21H19NO3S3/c1-2-26-19-11-12-27-21(19)28-20(14-18(23)15-7-4-3-5-8-15)16-9-6-10-17(13-16)22(24)25/h3-13,20H,2,14H2,1H3. The number of thiophene rings is 1. The first-order valence-electron chi connectivity index (χ1n) is 8.78. The lowest BCUT2D eigenvalue weighted by molar-refractivity contribution is -0.384. The normalized spacial score (nSPS) is 11.9. The third kappa shape index (κ3) is 5.25. The SMILES string of the molecule is CCSc1ccsc1SC(CC(=O)c1ccccc1)c1cccc([N+](=O)[O-])c1. The molecule has 144 valence electrons. The zero-order valence-corrected chi connectivity index (χ0v) is 17.7. The molecule has 1 atom stereocenters. The average molecular weight is 430 g/mol. The van der Waals surface area contributed by atoms with Gasteiger partial charge in [0.05, 0.1) is 9.13 Å². The molecule has 0 spiro atoms. The fraction of sp³-hybridized carbons (Fsp3) is 0.190. The Morgan fingerprint density at radius 1 is 1.14 bits per heavy atom. The lowest BCUT2D eigenvalue weighted by Crippen LogP contribution is -2.05. The molecule has 3 rings (SSSR count). The van der Waals surface area contributed by atoms with E-state index in [9.17, 15) is 14.9 Å². The van der Waals surface area contributed by atoms with E-state index >= 15 is 0 Å². The van der Waals surface area contributed by atoms with Crippen LogP contribution in [-0.4, -0.2) is 16.5 Å². The smallest absolute Gasteiger partial charge is 0.269 e. The van der Waals surface area contributed by atoms with Gasteiger partial charge in [0.1, 0.15) is 0 Å². The summed E-state index contributed by atoms with van der Waals surface area (Å²) in [5, 5.41) is 13.1. The van der Waals surface area contributed by atoms with Crippen LogP contribution in [0.1, 0.15) is 34.5 Å². The summed E-state index contributed by atoms with van der Waals surface area (Å²) in [7, 11) is 0. The number of rotatable bonds is 9. The van der Waals surface area contributed by atoms with Gasteiger partial charge in [-0.2, -0.15) is 0 Å². The predicted octanol–water partition coefficient (Wildman–Crippen LogP) is 6.87. The van der Waals surface area contributed by atoms with Crippen molar-refractivity contribution in [2.75, 3.05) is 5.75 Å². The number of hydrogen-bond donors (Lipinski definition) is 0. The molecule has 0 bridgehead atoms. The summed E-state index contributed by atoms with van der Waals surface area (Å²) in [5.41, 5.74) is 1.50. The summed E-state index contributed by atoms with van der Waals surface area (Å²) >= 11 is 5.02. The number of hydrogen-bond acceptors (Lipinski definition) is 6. The fourth-order valence-electron chi connectivity index (χ4n) is 2.74. The number of carbonyl (C=O) groups is 1. The highest BCUT2D eigenvalue weighted by molar-refractivity contribution is 8.03. The van der Waals surface area contributed by atoms with Gasteiger partial charge in [0.15, 0.2) is 5.78 Å². The molecular formula is C21H19NO3S3. The van der Waals surface area contributed by atoms with E-state index in [4.69, 9.17) is 0 Å². The number of non-ortho nitro benzene ring substituents is 1. The number of thioether (sulfide) groups is 2. The van der Waals surface area contributed by atoms with Crippen molar-refractivity contribution in [2.24, 2.45) is 0 Å². The van der Waals surface area contributed by atoms with E-state index in [2.05, 4.69) is 13.0 Å². The molecule has 0 amide bonds. The van der Waals surface area contributed by atoms with E-state index in [-0.39, 0.29) is 23.1 Å². The van der Waals surface area contributed by atoms with Gasteiger partial charge in [-0.3, -0.25) is 14.9 Å². The van der Waals surface area contributed by atoms with Crippen molar-refractivity contribution in [1.29, 1.82) is 0 Å². The second-order valence-corrected chi connectivity index (χ2v) is 9.65. The van der Waals surface area contributed by atoms with E-state index in [1.807, 2.05) is 29.6 Å². The number of carbonyl (C=O) groups excluding carboxylic acids is 1. The maximum Gasteiger partial charge on any atom is 0.269 e. The third-order valence-electron chi connectivity index (χ3n) is 4.06. The minimum atomic E-state index is -0.395. The summed E-state index contributed by atoms with van der Waals surface area (Å²) in [6.45, 7) is 2.10. The molecule has 7 heteroatoms. The molecule has 0 aliphatic rings. The first kappa shape index (κ1) is 20.6. The van der Waals surface area contributed by atoms with Crippen molar-refractivity contribution >= 4 is 46.3 Å². The monoisotopic (exact) mass is 429 g/mol. The second kappa shape index (κ2) is 9.91. The first-order chi connectivity index (χ1) is 13.6. The van der Waals surface area contributed by atoms with Crippen LogP contribution in [0.3, 0.4) is 0 Å². The lowest BCUT2D eigenvalue weighted by atomic mass is 10.0. The van der Waals surface area contributed by atoms with Gasteiger partial charge >= 0.3 is 0 Å². The van der Waals surface area contributed by atoms with Crippen LogP contribution in [0.2, 0.25) is 0 Å². The Morgan fingerprint density at radius 2 is 1.93 bits per heavy atom. The Balaban J connectivity index is 1.91. The van der Waals surface area contributed by atoms with Gasteiger partial charge < -0.3 is 0 Å². The molecule has 0 N–H and O–H groups in total. The minimum Gasteiger partial charge on any atom is -0.294 e. The molecule has 28 heavy (non-hydrogen) atoms. The Bertz CT molecular complexity index is 956. The van der Waals surface area contributed by atoms with E-state index in [1.54, 1.807) is 59.1 Å². The van der Waals surface area contributed by atoms with E-state index in [0.29, 0.717) is 5.56 Å². The highest BCUT2D eigenvalue weighted by Crippen LogP contribution is 2.45. The van der Waals surface area contributed by atoms with E-state index < -0.39 is 4.92 Å². The van der Waals surface area contributed by atoms with Crippen LogP contribution in [0, 0.1) is 10.1 Å². The molecule has 4 nitrogen and oxygen atoms in total. The highest BCUT2D eigenvalue weighted by Gasteiger charge is 2.22. The van der Waals surface area contributed by atoms with Crippen LogP contribution in [0.25, 0.3) is 0 Å². The van der Waals surface area contributed by atoms with Crippen LogP contribution in [0.5, 0.6) is 0 Å². The topological polar surface area (TPSA) is 60.2 Å². The molecule has 3 aromatic rings. The van der Waals surface area contributed by atoms with Crippen LogP contribution in [-0.2, 0) is 0 Å². The number of nitro benzene ring substituents is 1. The number of benzene rings is 2. The Morgan fingerprint density at radius 3 is 2.64 bits per heavy atom. The molecule has 0 radical (unpaired) electrons. The molecule has 1 aromatic heterocycles. The van der Waals surface area contributed by atoms with Crippen molar-refractivity contribution in [3.05, 3.63) is 87.3 Å². The molecule has 1 unspecified atom stereocenters. The molecule has 1 heterocycles. The van der Waals surface area contributed by atoms with Crippen LogP contribution >= 0.6 is 34.9 Å². The zero-order chi connectivity index (χ0) is 19.9. The van der Waals surface area contributed by atoms with Gasteiger partial charge in [0, 0.05) is 34.3 Å². The lowest BCUT2D eigenvalue weighted by Gasteiger charge is -2.16. The zero-order valence-electron chi connectivity index (χ0n) is 15.2. The van der Waals surface area contributed by atoms with Crippen molar-refractivity contribution in [2.45, 2.75) is 27.7 Å². The number of nitrogens with zero attached hydrogens (tertiary/aromatic N) is 1. The van der Waals surface area contributed by atoms with E-state index in [1.165, 1.54) is 11.0 Å². The Kier molecular flexibility index (Phi) is 7.30. The van der Waals surface area contributed by atoms with Crippen molar-refractivity contribution < 1.29 is 9.72 Å². The van der Waals surface area contributed by atoms with Gasteiger partial charge in [0.25, 0.3) is 5.69 Å². The number of ketones is 1.